The van der Waals surface area contributed by atoms with Gasteiger partial charge < -0.3 is 10.5 Å². The third kappa shape index (κ3) is 2.60. The Balaban J connectivity index is 1.98. The molecule has 0 amide bonds. The minimum Gasteiger partial charge on any atom is -0.465 e. The predicted octanol–water partition coefficient (Wildman–Crippen LogP) is 5.03. The Hall–Kier alpha value is -3.33. The van der Waals surface area contributed by atoms with E-state index in [0.717, 1.165) is 21.9 Å². The molecule has 0 aliphatic heterocycles. The molecule has 4 aromatic rings. The number of nitrogen functional groups attached to an aromatic ring is 1. The highest BCUT2D eigenvalue weighted by atomic mass is 16.5. The number of hydrogen-bond acceptors (Lipinski definition) is 3. The minimum atomic E-state index is -0.426. The average Bonchev–Trinajstić information content (AvgIpc) is 2.65. The zero-order chi connectivity index (χ0) is 17.4. The Kier molecular flexibility index (Phi) is 3.62. The highest BCUT2D eigenvalue weighted by Gasteiger charge is 2.13. The summed E-state index contributed by atoms with van der Waals surface area (Å²) in [4.78, 5) is 12.0. The van der Waals surface area contributed by atoms with Crippen molar-refractivity contribution in [1.82, 2.24) is 0 Å². The first-order valence-electron chi connectivity index (χ1n) is 8.07. The molecule has 4 aromatic carbocycles. The van der Waals surface area contributed by atoms with E-state index in [9.17, 15) is 4.79 Å². The van der Waals surface area contributed by atoms with Gasteiger partial charge in [-0.3, -0.25) is 0 Å². The first kappa shape index (κ1) is 15.2. The number of methoxy groups -OCH3 is 1. The number of esters is 1. The maximum Gasteiger partial charge on any atom is 0.339 e. The number of carbonyl (C=O) groups is 1. The van der Waals surface area contributed by atoms with Crippen LogP contribution in [0.2, 0.25) is 0 Å². The average molecular weight is 327 g/mol. The number of nitrogens with two attached hydrogens (primary N) is 1. The van der Waals surface area contributed by atoms with E-state index < -0.39 is 5.97 Å². The predicted molar refractivity (Wildman–Crippen MR) is 103 cm³/mol. The number of hydrogen-bond donors (Lipinski definition) is 1. The van der Waals surface area contributed by atoms with Gasteiger partial charge in [-0.2, -0.15) is 0 Å². The van der Waals surface area contributed by atoms with Gasteiger partial charge >= 0.3 is 5.97 Å². The summed E-state index contributed by atoms with van der Waals surface area (Å²) in [5, 5.41) is 4.69. The highest BCUT2D eigenvalue weighted by molar-refractivity contribution is 6.06. The van der Waals surface area contributed by atoms with Crippen molar-refractivity contribution in [2.75, 3.05) is 12.8 Å². The van der Waals surface area contributed by atoms with Crippen LogP contribution < -0.4 is 5.73 Å². The first-order chi connectivity index (χ1) is 12.2. The van der Waals surface area contributed by atoms with Crippen LogP contribution in [-0.2, 0) is 4.74 Å². The molecule has 2 N–H and O–H groups in total. The molecule has 0 fully saturated rings. The lowest BCUT2D eigenvalue weighted by molar-refractivity contribution is 0.0602. The van der Waals surface area contributed by atoms with Gasteiger partial charge in [-0.05, 0) is 56.9 Å². The van der Waals surface area contributed by atoms with Gasteiger partial charge in [0, 0.05) is 5.69 Å². The standard InChI is InChI=1S/C22H17NO2/c1-25-22(24)20-13-17(9-10-21(20)23)18-8-4-7-16-11-14-5-2-3-6-15(14)12-19(16)18/h2-13H,23H2,1H3. The molecule has 0 unspecified atom stereocenters. The molecule has 0 radical (unpaired) electrons. The molecule has 0 saturated carbocycles. The van der Waals surface area contributed by atoms with Crippen molar-refractivity contribution < 1.29 is 9.53 Å². The van der Waals surface area contributed by atoms with Crippen molar-refractivity contribution in [1.29, 1.82) is 0 Å². The van der Waals surface area contributed by atoms with Crippen LogP contribution in [0.15, 0.2) is 72.8 Å². The van der Waals surface area contributed by atoms with Crippen LogP contribution in [-0.4, -0.2) is 13.1 Å². The van der Waals surface area contributed by atoms with E-state index >= 15 is 0 Å². The van der Waals surface area contributed by atoms with Gasteiger partial charge in [-0.1, -0.05) is 48.5 Å². The number of ether oxygens (including phenoxy) is 1. The summed E-state index contributed by atoms with van der Waals surface area (Å²) in [6.07, 6.45) is 0. The van der Waals surface area contributed by atoms with Crippen molar-refractivity contribution in [2.45, 2.75) is 0 Å². The lowest BCUT2D eigenvalue weighted by Crippen LogP contribution is -2.05. The summed E-state index contributed by atoms with van der Waals surface area (Å²) in [5.41, 5.74) is 8.74. The Morgan fingerprint density at radius 2 is 1.56 bits per heavy atom. The SMILES string of the molecule is COC(=O)c1cc(-c2cccc3cc4ccccc4cc23)ccc1N. The molecule has 0 bridgehead atoms. The van der Waals surface area contributed by atoms with E-state index in [4.69, 9.17) is 10.5 Å². The lowest BCUT2D eigenvalue weighted by Gasteiger charge is -2.11. The van der Waals surface area contributed by atoms with E-state index in [1.54, 1.807) is 12.1 Å². The fourth-order valence-corrected chi connectivity index (χ4v) is 3.23. The van der Waals surface area contributed by atoms with E-state index in [-0.39, 0.29) is 0 Å². The van der Waals surface area contributed by atoms with Gasteiger partial charge in [-0.15, -0.1) is 0 Å². The summed E-state index contributed by atoms with van der Waals surface area (Å²) in [6, 6.07) is 24.3. The Labute approximate surface area is 145 Å². The molecule has 0 saturated heterocycles. The lowest BCUT2D eigenvalue weighted by atomic mass is 9.94. The zero-order valence-electron chi connectivity index (χ0n) is 13.8. The van der Waals surface area contributed by atoms with Gasteiger partial charge in [0.25, 0.3) is 0 Å². The molecule has 0 aromatic heterocycles. The van der Waals surface area contributed by atoms with E-state index in [1.807, 2.05) is 24.3 Å². The summed E-state index contributed by atoms with van der Waals surface area (Å²) >= 11 is 0. The smallest absolute Gasteiger partial charge is 0.339 e. The van der Waals surface area contributed by atoms with Crippen LogP contribution in [0.3, 0.4) is 0 Å². The normalized spacial score (nSPS) is 10.9. The quantitative estimate of drug-likeness (QED) is 0.319. The Bertz CT molecular complexity index is 1120. The Morgan fingerprint density at radius 1 is 0.840 bits per heavy atom. The molecular formula is C22H17NO2. The third-order valence-corrected chi connectivity index (χ3v) is 4.52. The van der Waals surface area contributed by atoms with Gasteiger partial charge in [-0.25, -0.2) is 4.79 Å². The van der Waals surface area contributed by atoms with Crippen molar-refractivity contribution in [3.63, 3.8) is 0 Å². The fraction of sp³-hybridized carbons (Fsp3) is 0.0455. The summed E-state index contributed by atoms with van der Waals surface area (Å²) in [5.74, 6) is -0.426. The Morgan fingerprint density at radius 3 is 2.32 bits per heavy atom. The van der Waals surface area contributed by atoms with Crippen molar-refractivity contribution >= 4 is 33.2 Å². The van der Waals surface area contributed by atoms with Gasteiger partial charge in [0.2, 0.25) is 0 Å². The summed E-state index contributed by atoms with van der Waals surface area (Å²) < 4.78 is 4.83. The van der Waals surface area contributed by atoms with E-state index in [1.165, 1.54) is 17.9 Å². The monoisotopic (exact) mass is 327 g/mol. The molecule has 25 heavy (non-hydrogen) atoms. The van der Waals surface area contributed by atoms with Gasteiger partial charge in [0.1, 0.15) is 0 Å². The molecule has 122 valence electrons. The summed E-state index contributed by atoms with van der Waals surface area (Å²) in [6.45, 7) is 0. The molecule has 0 spiro atoms. The van der Waals surface area contributed by atoms with Gasteiger partial charge in [0.15, 0.2) is 0 Å². The molecule has 3 nitrogen and oxygen atoms in total. The van der Waals surface area contributed by atoms with Crippen LogP contribution in [0.4, 0.5) is 5.69 Å². The molecule has 4 rings (SSSR count). The number of benzene rings is 4. The molecule has 0 atom stereocenters. The molecule has 0 aliphatic rings. The second-order valence-corrected chi connectivity index (χ2v) is 6.02. The first-order valence-corrected chi connectivity index (χ1v) is 8.07. The fourth-order valence-electron chi connectivity index (χ4n) is 3.23. The zero-order valence-corrected chi connectivity index (χ0v) is 13.8. The maximum absolute atomic E-state index is 12.0. The van der Waals surface area contributed by atoms with Crippen LogP contribution >= 0.6 is 0 Å². The molecular weight excluding hydrogens is 310 g/mol. The van der Waals surface area contributed by atoms with Crippen molar-refractivity contribution in [3.05, 3.63) is 78.4 Å². The number of rotatable bonds is 2. The van der Waals surface area contributed by atoms with E-state index in [2.05, 4.69) is 36.4 Å². The van der Waals surface area contributed by atoms with Crippen molar-refractivity contribution in [2.24, 2.45) is 0 Å². The highest BCUT2D eigenvalue weighted by Crippen LogP contribution is 2.33. The number of fused-ring (bicyclic) bond motifs is 2. The molecule has 0 heterocycles. The number of anilines is 1. The number of carbonyl (C=O) groups excluding carboxylic acids is 1. The van der Waals surface area contributed by atoms with Crippen LogP contribution in [0, 0.1) is 0 Å². The van der Waals surface area contributed by atoms with Crippen molar-refractivity contribution in [3.8, 4) is 11.1 Å². The second-order valence-electron chi connectivity index (χ2n) is 6.02. The second kappa shape index (κ2) is 5.95. The minimum absolute atomic E-state index is 0.387. The van der Waals surface area contributed by atoms with Crippen LogP contribution in [0.5, 0.6) is 0 Å². The summed E-state index contributed by atoms with van der Waals surface area (Å²) in [7, 11) is 1.36. The maximum atomic E-state index is 12.0. The van der Waals surface area contributed by atoms with E-state index in [0.29, 0.717) is 11.3 Å². The molecule has 3 heteroatoms. The van der Waals surface area contributed by atoms with Crippen LogP contribution in [0.1, 0.15) is 10.4 Å². The third-order valence-electron chi connectivity index (χ3n) is 4.52. The molecule has 0 aliphatic carbocycles. The largest absolute Gasteiger partial charge is 0.465 e. The topological polar surface area (TPSA) is 52.3 Å². The van der Waals surface area contributed by atoms with Crippen LogP contribution in [0.25, 0.3) is 32.7 Å². The van der Waals surface area contributed by atoms with Gasteiger partial charge in [0.05, 0.1) is 12.7 Å².